The lowest BCUT2D eigenvalue weighted by Crippen LogP contribution is -2.34. The molecule has 0 amide bonds. The van der Waals surface area contributed by atoms with Crippen LogP contribution < -0.4 is 5.32 Å². The van der Waals surface area contributed by atoms with Crippen LogP contribution in [-0.2, 0) is 4.74 Å². The van der Waals surface area contributed by atoms with Crippen molar-refractivity contribution >= 4 is 5.97 Å². The number of likely N-dealkylation sites (N-methyl/N-ethyl adjacent to an activating group) is 1. The first-order valence-electron chi connectivity index (χ1n) is 7.31. The van der Waals surface area contributed by atoms with Crippen LogP contribution >= 0.6 is 0 Å². The predicted octanol–water partition coefficient (Wildman–Crippen LogP) is 2.20. The van der Waals surface area contributed by atoms with E-state index in [1.54, 1.807) is 6.07 Å². The average molecular weight is 280 g/mol. The van der Waals surface area contributed by atoms with Gasteiger partial charge in [-0.2, -0.15) is 0 Å². The first kappa shape index (κ1) is 15.1. The fourth-order valence-electron chi connectivity index (χ4n) is 2.36. The normalized spacial score (nSPS) is 16.4. The summed E-state index contributed by atoms with van der Waals surface area (Å²) in [6.45, 7) is 7.31. The van der Waals surface area contributed by atoms with E-state index in [9.17, 15) is 4.79 Å². The van der Waals surface area contributed by atoms with E-state index in [-0.39, 0.29) is 11.8 Å². The summed E-state index contributed by atoms with van der Waals surface area (Å²) in [5.74, 6) is 0.582. The Labute approximate surface area is 120 Å². The second-order valence-corrected chi connectivity index (χ2v) is 5.23. The minimum absolute atomic E-state index is 0.0892. The van der Waals surface area contributed by atoms with Crippen LogP contribution in [0.1, 0.15) is 49.0 Å². The summed E-state index contributed by atoms with van der Waals surface area (Å²) in [6.07, 6.45) is 2.67. The maximum atomic E-state index is 11.3. The molecule has 0 radical (unpaired) electrons. The summed E-state index contributed by atoms with van der Waals surface area (Å²) in [7, 11) is 1.35. The van der Waals surface area contributed by atoms with E-state index >= 15 is 0 Å². The molecule has 1 aromatic rings. The molecule has 5 heteroatoms. The zero-order valence-corrected chi connectivity index (χ0v) is 12.5. The van der Waals surface area contributed by atoms with E-state index in [1.807, 2.05) is 13.0 Å². The summed E-state index contributed by atoms with van der Waals surface area (Å²) < 4.78 is 10.1. The van der Waals surface area contributed by atoms with Crippen molar-refractivity contribution in [3.63, 3.8) is 0 Å². The number of rotatable bonds is 8. The largest absolute Gasteiger partial charge is 0.463 e. The molecule has 1 saturated carbocycles. The number of ether oxygens (including phenoxy) is 1. The van der Waals surface area contributed by atoms with Gasteiger partial charge in [0.1, 0.15) is 5.76 Å². The molecule has 1 N–H and O–H groups in total. The number of methoxy groups -OCH3 is 1. The summed E-state index contributed by atoms with van der Waals surface area (Å²) in [5, 5.41) is 3.43. The highest BCUT2D eigenvalue weighted by Crippen LogP contribution is 2.26. The number of nitrogens with zero attached hydrogens (tertiary/aromatic N) is 1. The van der Waals surface area contributed by atoms with E-state index in [0.29, 0.717) is 0 Å². The number of furan rings is 1. The van der Waals surface area contributed by atoms with Crippen molar-refractivity contribution in [1.29, 1.82) is 0 Å². The third kappa shape index (κ3) is 3.84. The molecule has 20 heavy (non-hydrogen) atoms. The van der Waals surface area contributed by atoms with Gasteiger partial charge in [-0.15, -0.1) is 0 Å². The first-order valence-corrected chi connectivity index (χ1v) is 7.31. The molecule has 1 aliphatic rings. The molecule has 5 nitrogen and oxygen atoms in total. The Balaban J connectivity index is 1.77. The van der Waals surface area contributed by atoms with Crippen molar-refractivity contribution < 1.29 is 13.9 Å². The smallest absolute Gasteiger partial charge is 0.373 e. The standard InChI is InChI=1S/C15H24N2O3/c1-4-17(12-5-6-12)10-9-16-11(2)13-7-8-14(20-13)15(18)19-3/h7-8,11-12,16H,4-6,9-10H2,1-3H3. The van der Waals surface area contributed by atoms with Crippen LogP contribution in [0.3, 0.4) is 0 Å². The molecule has 1 unspecified atom stereocenters. The molecule has 1 fully saturated rings. The zero-order chi connectivity index (χ0) is 14.5. The Morgan fingerprint density at radius 3 is 2.90 bits per heavy atom. The van der Waals surface area contributed by atoms with Gasteiger partial charge in [0, 0.05) is 19.1 Å². The number of nitrogens with one attached hydrogen (secondary N) is 1. The van der Waals surface area contributed by atoms with E-state index in [0.717, 1.165) is 31.4 Å². The minimum atomic E-state index is -0.436. The van der Waals surface area contributed by atoms with Crippen LogP contribution in [0.4, 0.5) is 0 Å². The molecule has 112 valence electrons. The van der Waals surface area contributed by atoms with E-state index in [4.69, 9.17) is 4.42 Å². The number of carbonyl (C=O) groups is 1. The van der Waals surface area contributed by atoms with Crippen molar-refractivity contribution in [2.45, 2.75) is 38.8 Å². The van der Waals surface area contributed by atoms with Crippen molar-refractivity contribution in [2.24, 2.45) is 0 Å². The third-order valence-corrected chi connectivity index (χ3v) is 3.76. The van der Waals surface area contributed by atoms with Crippen molar-refractivity contribution in [2.75, 3.05) is 26.7 Å². The molecule has 2 rings (SSSR count). The van der Waals surface area contributed by atoms with Crippen LogP contribution in [0.2, 0.25) is 0 Å². The average Bonchev–Trinajstić information content (AvgIpc) is 3.18. The number of hydrogen-bond donors (Lipinski definition) is 1. The second kappa shape index (κ2) is 6.90. The molecule has 1 heterocycles. The molecule has 1 atom stereocenters. The first-order chi connectivity index (χ1) is 9.65. The maximum absolute atomic E-state index is 11.3. The van der Waals surface area contributed by atoms with Crippen molar-refractivity contribution in [1.82, 2.24) is 10.2 Å². The Bertz CT molecular complexity index is 440. The molecule has 0 saturated heterocycles. The van der Waals surface area contributed by atoms with Crippen LogP contribution in [0.15, 0.2) is 16.5 Å². The summed E-state index contributed by atoms with van der Waals surface area (Å²) >= 11 is 0. The molecule has 0 spiro atoms. The predicted molar refractivity (Wildman–Crippen MR) is 76.7 cm³/mol. The van der Waals surface area contributed by atoms with Gasteiger partial charge in [0.15, 0.2) is 0 Å². The fourth-order valence-corrected chi connectivity index (χ4v) is 2.36. The van der Waals surface area contributed by atoms with Gasteiger partial charge in [-0.1, -0.05) is 6.92 Å². The Kier molecular flexibility index (Phi) is 5.20. The molecule has 0 bridgehead atoms. The third-order valence-electron chi connectivity index (χ3n) is 3.76. The second-order valence-electron chi connectivity index (χ2n) is 5.23. The molecule has 0 aliphatic heterocycles. The highest BCUT2D eigenvalue weighted by molar-refractivity contribution is 5.86. The van der Waals surface area contributed by atoms with Gasteiger partial charge in [0.2, 0.25) is 5.76 Å². The maximum Gasteiger partial charge on any atom is 0.373 e. The highest BCUT2D eigenvalue weighted by atomic mass is 16.5. The van der Waals surface area contributed by atoms with Gasteiger partial charge in [-0.25, -0.2) is 4.79 Å². The van der Waals surface area contributed by atoms with Gasteiger partial charge in [-0.3, -0.25) is 4.90 Å². The lowest BCUT2D eigenvalue weighted by molar-refractivity contribution is 0.0562. The Morgan fingerprint density at radius 1 is 1.55 bits per heavy atom. The Hall–Kier alpha value is -1.33. The fraction of sp³-hybridized carbons (Fsp3) is 0.667. The van der Waals surface area contributed by atoms with Crippen molar-refractivity contribution in [3.8, 4) is 0 Å². The topological polar surface area (TPSA) is 54.7 Å². The monoisotopic (exact) mass is 280 g/mol. The van der Waals surface area contributed by atoms with E-state index < -0.39 is 5.97 Å². The van der Waals surface area contributed by atoms with Crippen LogP contribution in [0, 0.1) is 0 Å². The summed E-state index contributed by atoms with van der Waals surface area (Å²) in [5.41, 5.74) is 0. The van der Waals surface area contributed by atoms with Gasteiger partial charge < -0.3 is 14.5 Å². The lowest BCUT2D eigenvalue weighted by atomic mass is 10.2. The quantitative estimate of drug-likeness (QED) is 0.740. The van der Waals surface area contributed by atoms with E-state index in [1.165, 1.54) is 20.0 Å². The van der Waals surface area contributed by atoms with Crippen LogP contribution in [0.25, 0.3) is 0 Å². The molecular formula is C15H24N2O3. The SMILES string of the molecule is CCN(CCNC(C)c1ccc(C(=O)OC)o1)C1CC1. The molecule has 0 aromatic carbocycles. The van der Waals surface area contributed by atoms with Crippen LogP contribution in [-0.4, -0.2) is 43.7 Å². The van der Waals surface area contributed by atoms with Gasteiger partial charge in [-0.05, 0) is 38.4 Å². The van der Waals surface area contributed by atoms with Gasteiger partial charge >= 0.3 is 5.97 Å². The number of hydrogen-bond acceptors (Lipinski definition) is 5. The number of esters is 1. The van der Waals surface area contributed by atoms with Gasteiger partial charge in [0.25, 0.3) is 0 Å². The Morgan fingerprint density at radius 2 is 2.30 bits per heavy atom. The van der Waals surface area contributed by atoms with Gasteiger partial charge in [0.05, 0.1) is 13.2 Å². The summed E-state index contributed by atoms with van der Waals surface area (Å²) in [4.78, 5) is 13.8. The molecular weight excluding hydrogens is 256 g/mol. The van der Waals surface area contributed by atoms with Crippen LogP contribution in [0.5, 0.6) is 0 Å². The molecule has 1 aliphatic carbocycles. The minimum Gasteiger partial charge on any atom is -0.463 e. The highest BCUT2D eigenvalue weighted by Gasteiger charge is 2.27. The van der Waals surface area contributed by atoms with E-state index in [2.05, 4.69) is 21.9 Å². The molecule has 1 aromatic heterocycles. The zero-order valence-electron chi connectivity index (χ0n) is 12.5. The summed E-state index contributed by atoms with van der Waals surface area (Å²) in [6, 6.07) is 4.36. The lowest BCUT2D eigenvalue weighted by Gasteiger charge is -2.21. The number of carbonyl (C=O) groups excluding carboxylic acids is 1. The van der Waals surface area contributed by atoms with Crippen molar-refractivity contribution in [3.05, 3.63) is 23.7 Å².